The lowest BCUT2D eigenvalue weighted by Gasteiger charge is -2.26. The Kier molecular flexibility index (Phi) is 6.05. The summed E-state index contributed by atoms with van der Waals surface area (Å²) in [5.74, 6) is 1.15. The van der Waals surface area contributed by atoms with Gasteiger partial charge in [-0.05, 0) is 30.7 Å². The van der Waals surface area contributed by atoms with Gasteiger partial charge < -0.3 is 15.6 Å². The molecule has 0 aliphatic heterocycles. The molecule has 0 bridgehead atoms. The van der Waals surface area contributed by atoms with E-state index in [4.69, 9.17) is 5.73 Å². The minimum absolute atomic E-state index is 0.469. The largest absolute Gasteiger partial charge is 0.393 e. The molecular weight excluding hydrogens is 376 g/mol. The monoisotopic (exact) mass is 400 g/mol. The van der Waals surface area contributed by atoms with Crippen molar-refractivity contribution < 1.29 is 0 Å². The molecule has 0 aliphatic carbocycles. The highest BCUT2D eigenvalue weighted by Gasteiger charge is 2.14. The third-order valence-corrected chi connectivity index (χ3v) is 4.58. The van der Waals surface area contributed by atoms with Crippen LogP contribution in [0.1, 0.15) is 6.42 Å². The highest BCUT2D eigenvalue weighted by Crippen LogP contribution is 2.29. The summed E-state index contributed by atoms with van der Waals surface area (Å²) < 4.78 is 2.04. The van der Waals surface area contributed by atoms with Gasteiger partial charge in [0, 0.05) is 25.5 Å². The van der Waals surface area contributed by atoms with Crippen LogP contribution in [0.15, 0.2) is 85.7 Å². The van der Waals surface area contributed by atoms with Crippen molar-refractivity contribution in [3.8, 4) is 0 Å². The molecule has 0 aliphatic rings. The number of rotatable bonds is 9. The van der Waals surface area contributed by atoms with E-state index in [1.54, 1.807) is 6.20 Å². The van der Waals surface area contributed by atoms with Crippen molar-refractivity contribution in [3.63, 3.8) is 0 Å². The second kappa shape index (κ2) is 9.42. The number of nitrogens with one attached hydrogen (secondary N) is 2. The lowest BCUT2D eigenvalue weighted by atomic mass is 10.2. The summed E-state index contributed by atoms with van der Waals surface area (Å²) in [6, 6.07) is 20.0. The van der Waals surface area contributed by atoms with Crippen LogP contribution >= 0.6 is 0 Å². The summed E-state index contributed by atoms with van der Waals surface area (Å²) in [7, 11) is 0. The average Bonchev–Trinajstić information content (AvgIpc) is 3.32. The van der Waals surface area contributed by atoms with Crippen LogP contribution in [0, 0.1) is 0 Å². The van der Waals surface area contributed by atoms with E-state index in [2.05, 4.69) is 25.7 Å². The van der Waals surface area contributed by atoms with Crippen LogP contribution in [0.5, 0.6) is 0 Å². The average molecular weight is 400 g/mol. The maximum atomic E-state index is 6.37. The Morgan fingerprint density at radius 2 is 1.57 bits per heavy atom. The van der Waals surface area contributed by atoms with E-state index in [1.807, 2.05) is 82.8 Å². The molecule has 2 heterocycles. The van der Waals surface area contributed by atoms with E-state index in [-0.39, 0.29) is 0 Å². The molecule has 0 atom stereocenters. The predicted molar refractivity (Wildman–Crippen MR) is 120 cm³/mol. The molecule has 2 aromatic carbocycles. The molecule has 4 rings (SSSR count). The molecule has 30 heavy (non-hydrogen) atoms. The second-order valence-corrected chi connectivity index (χ2v) is 6.68. The first kappa shape index (κ1) is 19.3. The zero-order valence-corrected chi connectivity index (χ0v) is 16.5. The molecule has 152 valence electrons. The van der Waals surface area contributed by atoms with Crippen molar-refractivity contribution in [2.24, 2.45) is 0 Å². The first-order valence-electron chi connectivity index (χ1n) is 9.78. The first-order valence-corrected chi connectivity index (χ1v) is 9.78. The zero-order chi connectivity index (χ0) is 20.6. The van der Waals surface area contributed by atoms with Crippen LogP contribution in [0.4, 0.5) is 28.7 Å². The fraction of sp³-hybridized carbons (Fsp3) is 0.136. The van der Waals surface area contributed by atoms with Gasteiger partial charge in [0.15, 0.2) is 11.6 Å². The number of aromatic nitrogens is 4. The molecule has 4 N–H and O–H groups in total. The highest BCUT2D eigenvalue weighted by atomic mass is 15.5. The molecule has 0 spiro atoms. The summed E-state index contributed by atoms with van der Waals surface area (Å²) in [6.45, 7) is 1.61. The summed E-state index contributed by atoms with van der Waals surface area (Å²) in [5, 5.41) is 5.25. The van der Waals surface area contributed by atoms with Crippen molar-refractivity contribution in [2.45, 2.75) is 13.0 Å². The van der Waals surface area contributed by atoms with Gasteiger partial charge in [-0.1, -0.05) is 36.4 Å². The Morgan fingerprint density at radius 1 is 0.900 bits per heavy atom. The van der Waals surface area contributed by atoms with Gasteiger partial charge >= 0.3 is 0 Å². The lowest BCUT2D eigenvalue weighted by molar-refractivity contribution is 0.660. The van der Waals surface area contributed by atoms with Crippen molar-refractivity contribution in [1.82, 2.24) is 19.5 Å². The van der Waals surface area contributed by atoms with Gasteiger partial charge in [-0.2, -0.15) is 0 Å². The van der Waals surface area contributed by atoms with E-state index in [0.29, 0.717) is 17.3 Å². The Morgan fingerprint density at radius 3 is 2.20 bits per heavy atom. The van der Waals surface area contributed by atoms with Gasteiger partial charge in [0.2, 0.25) is 0 Å². The number of hydrazine groups is 1. The molecule has 0 saturated carbocycles. The molecule has 0 unspecified atom stereocenters. The van der Waals surface area contributed by atoms with Crippen LogP contribution in [0.2, 0.25) is 0 Å². The van der Waals surface area contributed by atoms with E-state index in [0.717, 1.165) is 30.9 Å². The van der Waals surface area contributed by atoms with Gasteiger partial charge in [-0.15, -0.1) is 0 Å². The van der Waals surface area contributed by atoms with Crippen LogP contribution in [0.3, 0.4) is 0 Å². The third-order valence-electron chi connectivity index (χ3n) is 4.58. The van der Waals surface area contributed by atoms with Crippen LogP contribution in [-0.2, 0) is 6.54 Å². The molecule has 8 heteroatoms. The first-order chi connectivity index (χ1) is 14.8. The SMILES string of the molecule is Nc1c(NCCCn2ccnc2)ncnc1NN(c1ccccc1)c1ccccc1. The van der Waals surface area contributed by atoms with E-state index >= 15 is 0 Å². The quantitative estimate of drug-likeness (QED) is 0.289. The van der Waals surface area contributed by atoms with Crippen molar-refractivity contribution in [3.05, 3.63) is 85.7 Å². The molecule has 8 nitrogen and oxygen atoms in total. The van der Waals surface area contributed by atoms with Crippen LogP contribution in [0.25, 0.3) is 0 Å². The number of imidazole rings is 1. The summed E-state index contributed by atoms with van der Waals surface area (Å²) in [6.07, 6.45) is 7.96. The number of anilines is 5. The number of nitrogen functional groups attached to an aromatic ring is 1. The van der Waals surface area contributed by atoms with Crippen LogP contribution < -0.4 is 21.5 Å². The lowest BCUT2D eigenvalue weighted by Crippen LogP contribution is -2.26. The zero-order valence-electron chi connectivity index (χ0n) is 16.5. The Balaban J connectivity index is 1.49. The summed E-state index contributed by atoms with van der Waals surface area (Å²) >= 11 is 0. The second-order valence-electron chi connectivity index (χ2n) is 6.68. The molecular formula is C22H24N8. The van der Waals surface area contributed by atoms with Gasteiger partial charge in [0.05, 0.1) is 17.7 Å². The molecule has 0 saturated heterocycles. The van der Waals surface area contributed by atoms with Crippen molar-refractivity contribution >= 4 is 28.7 Å². The number of nitrogens with zero attached hydrogens (tertiary/aromatic N) is 5. The van der Waals surface area contributed by atoms with E-state index in [9.17, 15) is 0 Å². The van der Waals surface area contributed by atoms with E-state index < -0.39 is 0 Å². The Labute approximate surface area is 175 Å². The Bertz CT molecular complexity index is 996. The topological polar surface area (TPSA) is 96.9 Å². The number of hydrogen-bond acceptors (Lipinski definition) is 7. The molecule has 0 radical (unpaired) electrons. The molecule has 4 aromatic rings. The number of benzene rings is 2. The number of aryl methyl sites for hydroxylation is 1. The summed E-state index contributed by atoms with van der Waals surface area (Å²) in [5.41, 5.74) is 12.1. The van der Waals surface area contributed by atoms with Crippen molar-refractivity contribution in [2.75, 3.05) is 28.0 Å². The van der Waals surface area contributed by atoms with E-state index in [1.165, 1.54) is 6.33 Å². The van der Waals surface area contributed by atoms with Crippen molar-refractivity contribution in [1.29, 1.82) is 0 Å². The van der Waals surface area contributed by atoms with Gasteiger partial charge in [0.1, 0.15) is 12.0 Å². The minimum atomic E-state index is 0.469. The molecule has 0 amide bonds. The smallest absolute Gasteiger partial charge is 0.173 e. The number of nitrogens with two attached hydrogens (primary N) is 1. The van der Waals surface area contributed by atoms with Gasteiger partial charge in [-0.3, -0.25) is 10.4 Å². The maximum absolute atomic E-state index is 6.37. The third kappa shape index (κ3) is 4.67. The maximum Gasteiger partial charge on any atom is 0.173 e. The minimum Gasteiger partial charge on any atom is -0.393 e. The normalized spacial score (nSPS) is 10.5. The standard InChI is InChI=1S/C22H24N8/c23-20-21(25-12-7-14-29-15-13-24-17-29)26-16-27-22(20)28-30(18-8-3-1-4-9-18)19-10-5-2-6-11-19/h1-6,8-11,13,15-17H,7,12,14,23H2,(H2,25,26,27,28). The molecule has 0 fully saturated rings. The highest BCUT2D eigenvalue weighted by molar-refractivity contribution is 5.77. The Hall–Kier alpha value is -4.07. The number of hydrogen-bond donors (Lipinski definition) is 3. The van der Waals surface area contributed by atoms with Crippen LogP contribution in [-0.4, -0.2) is 26.1 Å². The predicted octanol–water partition coefficient (Wildman–Crippen LogP) is 3.92. The fourth-order valence-corrected chi connectivity index (χ4v) is 3.05. The van der Waals surface area contributed by atoms with Gasteiger partial charge in [0.25, 0.3) is 0 Å². The fourth-order valence-electron chi connectivity index (χ4n) is 3.05. The number of para-hydroxylation sites is 2. The molecule has 2 aromatic heterocycles. The van der Waals surface area contributed by atoms with Gasteiger partial charge in [-0.25, -0.2) is 15.0 Å². The summed E-state index contributed by atoms with van der Waals surface area (Å²) in [4.78, 5) is 12.7.